The van der Waals surface area contributed by atoms with Crippen LogP contribution in [0.2, 0.25) is 0 Å². The van der Waals surface area contributed by atoms with E-state index in [1.165, 1.54) is 5.56 Å². The Balaban J connectivity index is 1.31. The zero-order valence-electron chi connectivity index (χ0n) is 20.0. The largest absolute Gasteiger partial charge is 0.493 e. The first-order valence-electron chi connectivity index (χ1n) is 11.5. The van der Waals surface area contributed by atoms with E-state index in [0.29, 0.717) is 18.1 Å². The molecule has 0 spiro atoms. The summed E-state index contributed by atoms with van der Waals surface area (Å²) in [4.78, 5) is 17.0. The Morgan fingerprint density at radius 3 is 2.50 bits per heavy atom. The summed E-state index contributed by atoms with van der Waals surface area (Å²) >= 11 is 0. The van der Waals surface area contributed by atoms with Crippen molar-refractivity contribution in [2.75, 3.05) is 33.3 Å². The molecule has 3 aromatic rings. The van der Waals surface area contributed by atoms with E-state index in [9.17, 15) is 4.79 Å². The van der Waals surface area contributed by atoms with E-state index in [1.54, 1.807) is 13.2 Å². The monoisotopic (exact) mass is 461 g/mol. The van der Waals surface area contributed by atoms with Crippen LogP contribution >= 0.6 is 0 Å². The van der Waals surface area contributed by atoms with E-state index in [4.69, 9.17) is 14.0 Å². The number of nitrogens with zero attached hydrogens (tertiary/aromatic N) is 3. The number of piperazine rings is 1. The highest BCUT2D eigenvalue weighted by atomic mass is 16.5. The van der Waals surface area contributed by atoms with Gasteiger partial charge in [-0.3, -0.25) is 9.69 Å². The van der Waals surface area contributed by atoms with Gasteiger partial charge in [0.1, 0.15) is 12.4 Å². The smallest absolute Gasteiger partial charge is 0.246 e. The van der Waals surface area contributed by atoms with Crippen LogP contribution in [0, 0.1) is 13.8 Å². The van der Waals surface area contributed by atoms with Crippen LogP contribution in [0.4, 0.5) is 0 Å². The molecule has 2 heterocycles. The van der Waals surface area contributed by atoms with Gasteiger partial charge in [-0.2, -0.15) is 0 Å². The molecule has 2 aromatic carbocycles. The van der Waals surface area contributed by atoms with Gasteiger partial charge in [-0.15, -0.1) is 0 Å². The maximum absolute atomic E-state index is 12.7. The lowest BCUT2D eigenvalue weighted by Crippen LogP contribution is -2.47. The van der Waals surface area contributed by atoms with Crippen LogP contribution in [0.25, 0.3) is 6.08 Å². The molecule has 1 saturated heterocycles. The Bertz CT molecular complexity index is 1110. The molecule has 4 rings (SSSR count). The van der Waals surface area contributed by atoms with Crippen molar-refractivity contribution < 1.29 is 18.8 Å². The lowest BCUT2D eigenvalue weighted by atomic mass is 10.1. The van der Waals surface area contributed by atoms with Crippen LogP contribution in [0.3, 0.4) is 0 Å². The molecule has 0 unspecified atom stereocenters. The minimum atomic E-state index is 0.0251. The van der Waals surface area contributed by atoms with Gasteiger partial charge < -0.3 is 18.9 Å². The summed E-state index contributed by atoms with van der Waals surface area (Å²) in [5, 5.41) is 3.95. The van der Waals surface area contributed by atoms with Gasteiger partial charge in [-0.25, -0.2) is 0 Å². The molecule has 0 saturated carbocycles. The van der Waals surface area contributed by atoms with Gasteiger partial charge in [0.05, 0.1) is 18.4 Å². The number of ether oxygens (including phenoxy) is 2. The molecule has 0 N–H and O–H groups in total. The second-order valence-corrected chi connectivity index (χ2v) is 8.42. The second-order valence-electron chi connectivity index (χ2n) is 8.42. The highest BCUT2D eigenvalue weighted by Gasteiger charge is 2.19. The first-order chi connectivity index (χ1) is 16.5. The summed E-state index contributed by atoms with van der Waals surface area (Å²) in [5.74, 6) is 2.00. The summed E-state index contributed by atoms with van der Waals surface area (Å²) in [5.41, 5.74) is 3.92. The van der Waals surface area contributed by atoms with E-state index in [0.717, 1.165) is 55.3 Å². The Labute approximate surface area is 200 Å². The third kappa shape index (κ3) is 5.85. The minimum absolute atomic E-state index is 0.0251. The average Bonchev–Trinajstić information content (AvgIpc) is 3.19. The number of benzene rings is 2. The molecule has 0 bridgehead atoms. The van der Waals surface area contributed by atoms with Crippen LogP contribution in [-0.2, 0) is 17.9 Å². The molecular weight excluding hydrogens is 430 g/mol. The molecule has 34 heavy (non-hydrogen) atoms. The maximum Gasteiger partial charge on any atom is 0.246 e. The summed E-state index contributed by atoms with van der Waals surface area (Å²) in [7, 11) is 1.60. The number of carbonyl (C=O) groups excluding carboxylic acids is 1. The van der Waals surface area contributed by atoms with Crippen molar-refractivity contribution in [1.29, 1.82) is 0 Å². The van der Waals surface area contributed by atoms with Gasteiger partial charge in [0.25, 0.3) is 0 Å². The fraction of sp³-hybridized carbons (Fsp3) is 0.333. The van der Waals surface area contributed by atoms with Crippen LogP contribution in [0.15, 0.2) is 59.1 Å². The summed E-state index contributed by atoms with van der Waals surface area (Å²) in [6.45, 7) is 8.23. The Hall–Kier alpha value is -3.58. The van der Waals surface area contributed by atoms with E-state index in [2.05, 4.69) is 34.3 Å². The van der Waals surface area contributed by atoms with Crippen LogP contribution in [0.5, 0.6) is 11.5 Å². The first-order valence-corrected chi connectivity index (χ1v) is 11.5. The molecule has 0 atom stereocenters. The maximum atomic E-state index is 12.7. The van der Waals surface area contributed by atoms with E-state index in [-0.39, 0.29) is 5.91 Å². The van der Waals surface area contributed by atoms with Gasteiger partial charge in [0, 0.05) is 38.8 Å². The fourth-order valence-electron chi connectivity index (χ4n) is 4.01. The lowest BCUT2D eigenvalue weighted by Gasteiger charge is -2.34. The molecule has 7 heteroatoms. The molecule has 0 radical (unpaired) electrons. The zero-order valence-corrected chi connectivity index (χ0v) is 20.0. The predicted molar refractivity (Wildman–Crippen MR) is 131 cm³/mol. The van der Waals surface area contributed by atoms with Crippen molar-refractivity contribution in [2.45, 2.75) is 27.0 Å². The van der Waals surface area contributed by atoms with Gasteiger partial charge in [0.15, 0.2) is 11.5 Å². The molecule has 1 aliphatic rings. The third-order valence-electron chi connectivity index (χ3n) is 6.09. The number of carbonyl (C=O) groups is 1. The van der Waals surface area contributed by atoms with Gasteiger partial charge in [-0.1, -0.05) is 41.6 Å². The minimum Gasteiger partial charge on any atom is -0.493 e. The van der Waals surface area contributed by atoms with Crippen molar-refractivity contribution in [1.82, 2.24) is 15.0 Å². The zero-order chi connectivity index (χ0) is 23.9. The first kappa shape index (κ1) is 23.6. The van der Waals surface area contributed by atoms with Crippen molar-refractivity contribution >= 4 is 12.0 Å². The Morgan fingerprint density at radius 1 is 1.06 bits per heavy atom. The number of rotatable bonds is 8. The molecular formula is C27H31N3O4. The molecule has 0 aliphatic carbocycles. The van der Waals surface area contributed by atoms with Crippen LogP contribution < -0.4 is 9.47 Å². The number of hydrogen-bond acceptors (Lipinski definition) is 6. The van der Waals surface area contributed by atoms with E-state index >= 15 is 0 Å². The molecule has 1 aliphatic heterocycles. The van der Waals surface area contributed by atoms with Crippen molar-refractivity contribution in [2.24, 2.45) is 0 Å². The van der Waals surface area contributed by atoms with E-state index < -0.39 is 0 Å². The third-order valence-corrected chi connectivity index (χ3v) is 6.09. The highest BCUT2D eigenvalue weighted by Crippen LogP contribution is 2.30. The topological polar surface area (TPSA) is 68.0 Å². The summed E-state index contributed by atoms with van der Waals surface area (Å²) in [6, 6.07) is 16.1. The fourth-order valence-corrected chi connectivity index (χ4v) is 4.01. The second kappa shape index (κ2) is 11.0. The number of methoxy groups -OCH3 is 1. The van der Waals surface area contributed by atoms with Gasteiger partial charge in [-0.05, 0) is 43.2 Å². The summed E-state index contributed by atoms with van der Waals surface area (Å²) in [6.07, 6.45) is 3.45. The normalized spacial score (nSPS) is 14.5. The summed E-state index contributed by atoms with van der Waals surface area (Å²) < 4.78 is 16.6. The Morgan fingerprint density at radius 2 is 1.82 bits per heavy atom. The van der Waals surface area contributed by atoms with Crippen molar-refractivity contribution in [3.63, 3.8) is 0 Å². The van der Waals surface area contributed by atoms with Gasteiger partial charge >= 0.3 is 0 Å². The average molecular weight is 462 g/mol. The molecule has 178 valence electrons. The van der Waals surface area contributed by atoms with E-state index in [1.807, 2.05) is 49.1 Å². The molecule has 1 aromatic heterocycles. The molecule has 1 fully saturated rings. The molecule has 1 amide bonds. The predicted octanol–water partition coefficient (Wildman–Crippen LogP) is 4.24. The van der Waals surface area contributed by atoms with Crippen LogP contribution in [0.1, 0.15) is 28.1 Å². The number of aryl methyl sites for hydroxylation is 2. The van der Waals surface area contributed by atoms with Gasteiger partial charge in [0.2, 0.25) is 5.91 Å². The quantitative estimate of drug-likeness (QED) is 0.468. The number of amides is 1. The van der Waals surface area contributed by atoms with Crippen molar-refractivity contribution in [3.05, 3.63) is 82.8 Å². The van der Waals surface area contributed by atoms with Crippen molar-refractivity contribution in [3.8, 4) is 11.5 Å². The Kier molecular flexibility index (Phi) is 7.65. The van der Waals surface area contributed by atoms with Crippen LogP contribution in [-0.4, -0.2) is 54.2 Å². The highest BCUT2D eigenvalue weighted by molar-refractivity contribution is 5.92. The lowest BCUT2D eigenvalue weighted by molar-refractivity contribution is -0.127. The SMILES string of the molecule is COc1cc(/C=C/C(=O)N2CCN(Cc3ccccc3)CC2)ccc1OCc1c(C)noc1C. The number of aromatic nitrogens is 1. The number of hydrogen-bond donors (Lipinski definition) is 0. The molecule has 7 nitrogen and oxygen atoms in total. The standard InChI is InChI=1S/C27H31N3O4/c1-20-24(21(2)34-28-20)19-33-25-11-9-22(17-26(25)32-3)10-12-27(31)30-15-13-29(14-16-30)18-23-7-5-4-6-8-23/h4-12,17H,13-16,18-19H2,1-3H3/b12-10+.